The number of nitrogens with zero attached hydrogens (tertiary/aromatic N) is 2. The van der Waals surface area contributed by atoms with Gasteiger partial charge in [0.2, 0.25) is 5.91 Å². The van der Waals surface area contributed by atoms with Gasteiger partial charge in [0.15, 0.2) is 0 Å². The van der Waals surface area contributed by atoms with E-state index in [2.05, 4.69) is 18.7 Å². The number of hydrogen-bond acceptors (Lipinski definition) is 3. The number of carbonyl (C=O) groups excluding carboxylic acids is 1. The second-order valence-electron chi connectivity index (χ2n) is 4.47. The van der Waals surface area contributed by atoms with Crippen molar-refractivity contribution in [2.45, 2.75) is 39.7 Å². The maximum atomic E-state index is 11.8. The zero-order chi connectivity index (χ0) is 12.7. The second kappa shape index (κ2) is 7.67. The van der Waals surface area contributed by atoms with Crippen LogP contribution in [-0.4, -0.2) is 61.1 Å². The van der Waals surface area contributed by atoms with Crippen molar-refractivity contribution in [1.82, 2.24) is 9.80 Å². The Hall–Kier alpha value is -0.610. The van der Waals surface area contributed by atoms with Crippen molar-refractivity contribution < 1.29 is 9.53 Å². The molecule has 0 bridgehead atoms. The molecule has 0 aliphatic carbocycles. The van der Waals surface area contributed by atoms with E-state index in [4.69, 9.17) is 4.74 Å². The fraction of sp³-hybridized carbons (Fsp3) is 0.923. The molecule has 0 aromatic heterocycles. The minimum Gasteiger partial charge on any atom is -0.372 e. The van der Waals surface area contributed by atoms with E-state index in [9.17, 15) is 4.79 Å². The molecule has 0 aromatic carbocycles. The molecule has 0 unspecified atom stereocenters. The Bertz CT molecular complexity index is 221. The number of hydrogen-bond donors (Lipinski definition) is 0. The van der Waals surface area contributed by atoms with E-state index in [0.717, 1.165) is 39.0 Å². The van der Waals surface area contributed by atoms with Crippen LogP contribution in [0.5, 0.6) is 0 Å². The van der Waals surface area contributed by atoms with Gasteiger partial charge in [0.25, 0.3) is 0 Å². The predicted octanol–water partition coefficient (Wildman–Crippen LogP) is 1.36. The predicted molar refractivity (Wildman–Crippen MR) is 69.0 cm³/mol. The first-order chi connectivity index (χ1) is 8.22. The molecule has 0 aromatic rings. The van der Waals surface area contributed by atoms with Crippen molar-refractivity contribution in [3.8, 4) is 0 Å². The Kier molecular flexibility index (Phi) is 6.52. The third-order valence-corrected chi connectivity index (χ3v) is 3.58. The van der Waals surface area contributed by atoms with Gasteiger partial charge in [-0.3, -0.25) is 4.79 Å². The van der Waals surface area contributed by atoms with E-state index in [1.165, 1.54) is 0 Å². The summed E-state index contributed by atoms with van der Waals surface area (Å²) in [5.74, 6) is 0.143. The molecule has 1 fully saturated rings. The summed E-state index contributed by atoms with van der Waals surface area (Å²) in [4.78, 5) is 16.2. The summed E-state index contributed by atoms with van der Waals surface area (Å²) in [6.45, 7) is 11.2. The van der Waals surface area contributed by atoms with Crippen LogP contribution in [0.4, 0.5) is 0 Å². The van der Waals surface area contributed by atoms with Crippen molar-refractivity contribution in [1.29, 1.82) is 0 Å². The Balaban J connectivity index is 2.32. The highest BCUT2D eigenvalue weighted by Gasteiger charge is 2.25. The number of piperidine rings is 1. The van der Waals surface area contributed by atoms with E-state index in [0.29, 0.717) is 12.6 Å². The summed E-state index contributed by atoms with van der Waals surface area (Å²) >= 11 is 0. The highest BCUT2D eigenvalue weighted by Crippen LogP contribution is 2.16. The highest BCUT2D eigenvalue weighted by molar-refractivity contribution is 5.77. The standard InChI is InChI=1S/C13H26N2O2/c1-4-14(5-2)12-7-9-15(10-8-12)13(16)11-17-6-3/h12H,4-11H2,1-3H3. The Labute approximate surface area is 105 Å². The zero-order valence-electron chi connectivity index (χ0n) is 11.4. The van der Waals surface area contributed by atoms with Gasteiger partial charge in [0.1, 0.15) is 6.61 Å². The van der Waals surface area contributed by atoms with Crippen LogP contribution in [0.15, 0.2) is 0 Å². The monoisotopic (exact) mass is 242 g/mol. The Morgan fingerprint density at radius 2 is 1.82 bits per heavy atom. The largest absolute Gasteiger partial charge is 0.372 e. The number of ether oxygens (including phenoxy) is 1. The minimum absolute atomic E-state index is 0.143. The van der Waals surface area contributed by atoms with Crippen molar-refractivity contribution in [3.05, 3.63) is 0 Å². The van der Waals surface area contributed by atoms with Gasteiger partial charge in [-0.25, -0.2) is 0 Å². The lowest BCUT2D eigenvalue weighted by molar-refractivity contribution is -0.137. The molecule has 17 heavy (non-hydrogen) atoms. The molecular weight excluding hydrogens is 216 g/mol. The summed E-state index contributed by atoms with van der Waals surface area (Å²) in [5, 5.41) is 0. The molecule has 1 aliphatic rings. The lowest BCUT2D eigenvalue weighted by atomic mass is 10.0. The van der Waals surface area contributed by atoms with Crippen LogP contribution in [-0.2, 0) is 9.53 Å². The number of amides is 1. The molecule has 1 aliphatic heterocycles. The van der Waals surface area contributed by atoms with Crippen LogP contribution in [0.25, 0.3) is 0 Å². The zero-order valence-corrected chi connectivity index (χ0v) is 11.4. The van der Waals surface area contributed by atoms with Crippen molar-refractivity contribution in [2.75, 3.05) is 39.4 Å². The Morgan fingerprint density at radius 3 is 2.29 bits per heavy atom. The maximum Gasteiger partial charge on any atom is 0.248 e. The topological polar surface area (TPSA) is 32.8 Å². The quantitative estimate of drug-likeness (QED) is 0.705. The number of likely N-dealkylation sites (tertiary alicyclic amines) is 1. The average Bonchev–Trinajstić information content (AvgIpc) is 2.38. The van der Waals surface area contributed by atoms with Gasteiger partial charge in [-0.1, -0.05) is 13.8 Å². The fourth-order valence-corrected chi connectivity index (χ4v) is 2.50. The molecule has 1 amide bonds. The van der Waals surface area contributed by atoms with Crippen molar-refractivity contribution in [3.63, 3.8) is 0 Å². The molecule has 4 nitrogen and oxygen atoms in total. The van der Waals surface area contributed by atoms with Gasteiger partial charge in [-0.2, -0.15) is 0 Å². The molecule has 1 rings (SSSR count). The van der Waals surface area contributed by atoms with Gasteiger partial charge in [-0.15, -0.1) is 0 Å². The van der Waals surface area contributed by atoms with E-state index in [1.807, 2.05) is 11.8 Å². The molecule has 100 valence electrons. The molecule has 0 atom stereocenters. The van der Waals surface area contributed by atoms with Gasteiger partial charge in [-0.05, 0) is 32.9 Å². The van der Waals surface area contributed by atoms with Crippen molar-refractivity contribution >= 4 is 5.91 Å². The summed E-state index contributed by atoms with van der Waals surface area (Å²) in [6.07, 6.45) is 2.19. The molecule has 0 N–H and O–H groups in total. The first-order valence-corrected chi connectivity index (χ1v) is 6.82. The maximum absolute atomic E-state index is 11.8. The smallest absolute Gasteiger partial charge is 0.248 e. The average molecular weight is 242 g/mol. The molecule has 0 radical (unpaired) electrons. The molecule has 0 saturated carbocycles. The van der Waals surface area contributed by atoms with E-state index in [1.54, 1.807) is 0 Å². The van der Waals surface area contributed by atoms with Crippen LogP contribution >= 0.6 is 0 Å². The van der Waals surface area contributed by atoms with Gasteiger partial charge in [0.05, 0.1) is 0 Å². The first-order valence-electron chi connectivity index (χ1n) is 6.82. The lowest BCUT2D eigenvalue weighted by Crippen LogP contribution is -2.47. The van der Waals surface area contributed by atoms with E-state index < -0.39 is 0 Å². The summed E-state index contributed by atoms with van der Waals surface area (Å²) in [6, 6.07) is 0.654. The van der Waals surface area contributed by atoms with Crippen molar-refractivity contribution in [2.24, 2.45) is 0 Å². The van der Waals surface area contributed by atoms with Crippen LogP contribution in [0.2, 0.25) is 0 Å². The first kappa shape index (κ1) is 14.5. The van der Waals surface area contributed by atoms with Crippen LogP contribution in [0.1, 0.15) is 33.6 Å². The summed E-state index contributed by atoms with van der Waals surface area (Å²) in [5.41, 5.74) is 0. The SMILES string of the molecule is CCOCC(=O)N1CCC(N(CC)CC)CC1. The highest BCUT2D eigenvalue weighted by atomic mass is 16.5. The summed E-state index contributed by atoms with van der Waals surface area (Å²) < 4.78 is 5.16. The van der Waals surface area contributed by atoms with Crippen LogP contribution in [0, 0.1) is 0 Å². The van der Waals surface area contributed by atoms with Gasteiger partial charge in [0, 0.05) is 25.7 Å². The molecule has 1 saturated heterocycles. The molecule has 4 heteroatoms. The normalized spacial score (nSPS) is 17.8. The number of carbonyl (C=O) groups is 1. The van der Waals surface area contributed by atoms with Crippen LogP contribution < -0.4 is 0 Å². The third-order valence-electron chi connectivity index (χ3n) is 3.58. The van der Waals surface area contributed by atoms with Crippen LogP contribution in [0.3, 0.4) is 0 Å². The summed E-state index contributed by atoms with van der Waals surface area (Å²) in [7, 11) is 0. The second-order valence-corrected chi connectivity index (χ2v) is 4.47. The lowest BCUT2D eigenvalue weighted by Gasteiger charge is -2.37. The third kappa shape index (κ3) is 4.28. The molecule has 1 heterocycles. The fourth-order valence-electron chi connectivity index (χ4n) is 2.50. The minimum atomic E-state index is 0.143. The number of rotatable bonds is 6. The van der Waals surface area contributed by atoms with Gasteiger partial charge < -0.3 is 14.5 Å². The Morgan fingerprint density at radius 1 is 1.24 bits per heavy atom. The van der Waals surface area contributed by atoms with E-state index >= 15 is 0 Å². The molecular formula is C13H26N2O2. The van der Waals surface area contributed by atoms with E-state index in [-0.39, 0.29) is 12.5 Å². The molecule has 0 spiro atoms. The van der Waals surface area contributed by atoms with Gasteiger partial charge >= 0.3 is 0 Å².